The Hall–Kier alpha value is -2.84. The van der Waals surface area contributed by atoms with Crippen LogP contribution in [0.1, 0.15) is 40.7 Å². The molecule has 1 unspecified atom stereocenters. The zero-order chi connectivity index (χ0) is 23.4. The van der Waals surface area contributed by atoms with E-state index < -0.39 is 18.2 Å². The van der Waals surface area contributed by atoms with Crippen LogP contribution in [0.25, 0.3) is 10.8 Å². The van der Waals surface area contributed by atoms with Gasteiger partial charge in [-0.3, -0.25) is 9.78 Å². The summed E-state index contributed by atoms with van der Waals surface area (Å²) >= 11 is 11.9. The van der Waals surface area contributed by atoms with Gasteiger partial charge in [0.15, 0.2) is 0 Å². The molecule has 1 N–H and O–H groups in total. The molecule has 2 heterocycles. The van der Waals surface area contributed by atoms with E-state index >= 15 is 0 Å². The van der Waals surface area contributed by atoms with Crippen LogP contribution < -0.4 is 5.32 Å². The number of oxime groups is 1. The van der Waals surface area contributed by atoms with Crippen molar-refractivity contribution in [2.45, 2.75) is 37.1 Å². The average molecular weight is 494 g/mol. The first-order valence-corrected chi connectivity index (χ1v) is 10.9. The number of rotatable bonds is 4. The Balaban J connectivity index is 1.57. The first-order chi connectivity index (χ1) is 15.7. The Kier molecular flexibility index (Phi) is 5.25. The molecule has 1 aromatic heterocycles. The molecule has 170 valence electrons. The molecule has 1 aliphatic heterocycles. The van der Waals surface area contributed by atoms with Gasteiger partial charge in [0.1, 0.15) is 0 Å². The molecule has 1 fully saturated rings. The molecule has 10 heteroatoms. The zero-order valence-electron chi connectivity index (χ0n) is 16.9. The zero-order valence-corrected chi connectivity index (χ0v) is 18.4. The highest BCUT2D eigenvalue weighted by atomic mass is 35.5. The largest absolute Gasteiger partial charge is 0.435 e. The molecule has 2 aliphatic rings. The fraction of sp³-hybridized carbons (Fsp3) is 0.261. The van der Waals surface area contributed by atoms with Crippen LogP contribution in [0.4, 0.5) is 13.2 Å². The fourth-order valence-corrected chi connectivity index (χ4v) is 4.49. The van der Waals surface area contributed by atoms with Crippen LogP contribution in [0.3, 0.4) is 0 Å². The molecule has 0 spiro atoms. The van der Waals surface area contributed by atoms with E-state index in [1.807, 2.05) is 0 Å². The minimum absolute atomic E-state index is 0.0562. The van der Waals surface area contributed by atoms with Gasteiger partial charge >= 0.3 is 6.18 Å². The number of nitrogens with zero attached hydrogens (tertiary/aromatic N) is 2. The third-order valence-electron chi connectivity index (χ3n) is 5.80. The van der Waals surface area contributed by atoms with E-state index in [0.29, 0.717) is 21.9 Å². The quantitative estimate of drug-likeness (QED) is 0.483. The van der Waals surface area contributed by atoms with Crippen LogP contribution in [0, 0.1) is 0 Å². The fourth-order valence-electron chi connectivity index (χ4n) is 3.97. The second kappa shape index (κ2) is 7.88. The van der Waals surface area contributed by atoms with Crippen LogP contribution in [0.5, 0.6) is 0 Å². The topological polar surface area (TPSA) is 63.6 Å². The predicted molar refractivity (Wildman–Crippen MR) is 119 cm³/mol. The van der Waals surface area contributed by atoms with Crippen molar-refractivity contribution in [1.82, 2.24) is 10.3 Å². The number of amides is 1. The van der Waals surface area contributed by atoms with Gasteiger partial charge in [0.25, 0.3) is 11.5 Å². The van der Waals surface area contributed by atoms with Crippen LogP contribution in [0.15, 0.2) is 53.9 Å². The van der Waals surface area contributed by atoms with Crippen molar-refractivity contribution in [3.63, 3.8) is 0 Å². The molecule has 5 nitrogen and oxygen atoms in total. The summed E-state index contributed by atoms with van der Waals surface area (Å²) in [5, 5.41) is 7.94. The van der Waals surface area contributed by atoms with Gasteiger partial charge in [-0.15, -0.1) is 0 Å². The van der Waals surface area contributed by atoms with E-state index in [0.717, 1.165) is 12.8 Å². The molecule has 0 radical (unpaired) electrons. The summed E-state index contributed by atoms with van der Waals surface area (Å²) in [5.41, 5.74) is -2.06. The number of pyridine rings is 1. The number of fused-ring (bicyclic) bond motifs is 1. The number of alkyl halides is 3. The first-order valence-electron chi connectivity index (χ1n) is 10.1. The van der Waals surface area contributed by atoms with Crippen molar-refractivity contribution in [2.75, 3.05) is 0 Å². The minimum Gasteiger partial charge on any atom is -0.374 e. The molecule has 33 heavy (non-hydrogen) atoms. The molecule has 1 atom stereocenters. The average Bonchev–Trinajstić information content (AvgIpc) is 3.44. The lowest BCUT2D eigenvalue weighted by molar-refractivity contribution is -0.275. The predicted octanol–water partition coefficient (Wildman–Crippen LogP) is 6.02. The Bertz CT molecular complexity index is 1290. The maximum absolute atomic E-state index is 14.3. The van der Waals surface area contributed by atoms with Gasteiger partial charge in [-0.05, 0) is 48.6 Å². The summed E-state index contributed by atoms with van der Waals surface area (Å²) in [4.78, 5) is 21.9. The molecule has 2 aromatic carbocycles. The SMILES string of the molecule is O=C(NC1CC1)c1ccc(C2=NOC(c3cc(Cl)cc(Cl)c3)(C(F)(F)F)C2)c2ccncc12. The summed E-state index contributed by atoms with van der Waals surface area (Å²) in [7, 11) is 0. The summed E-state index contributed by atoms with van der Waals surface area (Å²) in [6.45, 7) is 0. The number of benzene rings is 2. The standard InChI is InChI=1S/C23H16Cl2F3N3O2/c24-13-7-12(8-14(25)9-13)22(23(26,27)28)10-20(31-33-22)17-3-4-18(21(32)30-15-1-2-15)19-11-29-6-5-16(17)19/h3-9,11,15H,1-2,10H2,(H,30,32). The van der Waals surface area contributed by atoms with E-state index in [1.165, 1.54) is 30.6 Å². The molecular weight excluding hydrogens is 478 g/mol. The highest BCUT2D eigenvalue weighted by Crippen LogP contribution is 2.50. The molecule has 0 bridgehead atoms. The Morgan fingerprint density at radius 3 is 2.48 bits per heavy atom. The summed E-state index contributed by atoms with van der Waals surface area (Å²) in [6.07, 6.45) is -0.488. The van der Waals surface area contributed by atoms with Crippen molar-refractivity contribution in [3.05, 3.63) is 75.5 Å². The highest BCUT2D eigenvalue weighted by molar-refractivity contribution is 6.34. The molecule has 1 saturated carbocycles. The number of nitrogens with one attached hydrogen (secondary N) is 1. The van der Waals surface area contributed by atoms with Gasteiger partial charge in [0, 0.05) is 57.0 Å². The lowest BCUT2D eigenvalue weighted by atomic mass is 9.85. The molecule has 0 saturated heterocycles. The second-order valence-electron chi connectivity index (χ2n) is 8.12. The van der Waals surface area contributed by atoms with Crippen LogP contribution >= 0.6 is 23.2 Å². The van der Waals surface area contributed by atoms with Gasteiger partial charge in [0.05, 0.1) is 5.71 Å². The molecular formula is C23H16Cl2F3N3O2. The van der Waals surface area contributed by atoms with E-state index in [9.17, 15) is 18.0 Å². The number of carbonyl (C=O) groups excluding carboxylic acids is 1. The van der Waals surface area contributed by atoms with Gasteiger partial charge in [-0.2, -0.15) is 13.2 Å². The minimum atomic E-state index is -4.80. The number of aromatic nitrogens is 1. The highest BCUT2D eigenvalue weighted by Gasteiger charge is 2.62. The molecule has 1 aliphatic carbocycles. The van der Waals surface area contributed by atoms with Crippen molar-refractivity contribution < 1.29 is 22.8 Å². The normalized spacial score (nSPS) is 20.5. The smallest absolute Gasteiger partial charge is 0.374 e. The van der Waals surface area contributed by atoms with E-state index in [1.54, 1.807) is 18.2 Å². The lowest BCUT2D eigenvalue weighted by Gasteiger charge is -2.29. The van der Waals surface area contributed by atoms with Crippen LogP contribution in [0.2, 0.25) is 10.0 Å². The van der Waals surface area contributed by atoms with Crippen LogP contribution in [-0.4, -0.2) is 28.8 Å². The van der Waals surface area contributed by atoms with Crippen molar-refractivity contribution in [1.29, 1.82) is 0 Å². The van der Waals surface area contributed by atoms with Gasteiger partial charge in [0.2, 0.25) is 0 Å². The van der Waals surface area contributed by atoms with Crippen LogP contribution in [-0.2, 0) is 10.4 Å². The van der Waals surface area contributed by atoms with Crippen molar-refractivity contribution >= 4 is 45.6 Å². The van der Waals surface area contributed by atoms with Gasteiger partial charge in [-0.1, -0.05) is 34.4 Å². The van der Waals surface area contributed by atoms with Gasteiger partial charge in [-0.25, -0.2) is 0 Å². The Morgan fingerprint density at radius 1 is 1.09 bits per heavy atom. The maximum atomic E-state index is 14.3. The molecule has 5 rings (SSSR count). The first kappa shape index (κ1) is 22.0. The third kappa shape index (κ3) is 3.91. The molecule has 1 amide bonds. The summed E-state index contributed by atoms with van der Waals surface area (Å²) < 4.78 is 43.0. The van der Waals surface area contributed by atoms with Crippen molar-refractivity contribution in [2.24, 2.45) is 5.16 Å². The monoisotopic (exact) mass is 493 g/mol. The number of hydrogen-bond donors (Lipinski definition) is 1. The van der Waals surface area contributed by atoms with E-state index in [2.05, 4.69) is 15.5 Å². The number of carbonyl (C=O) groups is 1. The maximum Gasteiger partial charge on any atom is 0.435 e. The second-order valence-corrected chi connectivity index (χ2v) is 8.99. The van der Waals surface area contributed by atoms with Gasteiger partial charge < -0.3 is 10.2 Å². The van der Waals surface area contributed by atoms with Crippen molar-refractivity contribution in [3.8, 4) is 0 Å². The third-order valence-corrected chi connectivity index (χ3v) is 6.24. The summed E-state index contributed by atoms with van der Waals surface area (Å²) in [5.74, 6) is -0.245. The number of hydrogen-bond acceptors (Lipinski definition) is 4. The van der Waals surface area contributed by atoms with E-state index in [-0.39, 0.29) is 33.3 Å². The Labute approximate surface area is 196 Å². The molecule has 3 aromatic rings. The lowest BCUT2D eigenvalue weighted by Crippen LogP contribution is -2.42. The Morgan fingerprint density at radius 2 is 1.82 bits per heavy atom. The summed E-state index contributed by atoms with van der Waals surface area (Å²) in [6, 6.07) is 8.66. The number of halogens is 5. The van der Waals surface area contributed by atoms with E-state index in [4.69, 9.17) is 28.0 Å².